The van der Waals surface area contributed by atoms with Crippen molar-refractivity contribution in [3.05, 3.63) is 17.3 Å². The maximum atomic E-state index is 5.84. The van der Waals surface area contributed by atoms with Crippen molar-refractivity contribution in [1.29, 1.82) is 0 Å². The predicted octanol–water partition coefficient (Wildman–Crippen LogP) is 3.56. The minimum Gasteiger partial charge on any atom is -0.390 e. The van der Waals surface area contributed by atoms with E-state index in [9.17, 15) is 0 Å². The molecule has 1 aliphatic carbocycles. The van der Waals surface area contributed by atoms with Crippen molar-refractivity contribution in [2.45, 2.75) is 36.7 Å². The van der Waals surface area contributed by atoms with Gasteiger partial charge in [-0.05, 0) is 24.3 Å². The number of aromatic nitrogens is 2. The van der Waals surface area contributed by atoms with E-state index in [1.807, 2.05) is 23.2 Å². The molecular formula is C12H15N3OS2. The Labute approximate surface area is 114 Å². The van der Waals surface area contributed by atoms with Crippen molar-refractivity contribution >= 4 is 28.1 Å². The lowest BCUT2D eigenvalue weighted by Crippen LogP contribution is -1.95. The topological polar surface area (TPSA) is 64.9 Å². The van der Waals surface area contributed by atoms with E-state index in [0.717, 1.165) is 27.4 Å². The molecule has 0 saturated heterocycles. The number of hydrogen-bond acceptors (Lipinski definition) is 6. The molecule has 4 nitrogen and oxygen atoms in total. The van der Waals surface area contributed by atoms with Crippen molar-refractivity contribution in [2.24, 2.45) is 0 Å². The summed E-state index contributed by atoms with van der Waals surface area (Å²) in [5, 5.41) is 7.46. The molecule has 0 amide bonds. The van der Waals surface area contributed by atoms with Gasteiger partial charge >= 0.3 is 0 Å². The van der Waals surface area contributed by atoms with Crippen LogP contribution in [0.5, 0.6) is 0 Å². The summed E-state index contributed by atoms with van der Waals surface area (Å²) in [6.07, 6.45) is 5.38. The molecule has 2 aromatic heterocycles. The van der Waals surface area contributed by atoms with Gasteiger partial charge in [0, 0.05) is 5.25 Å². The molecule has 0 aromatic carbocycles. The molecule has 2 aromatic rings. The van der Waals surface area contributed by atoms with Crippen LogP contribution in [0.3, 0.4) is 0 Å². The highest BCUT2D eigenvalue weighted by Crippen LogP contribution is 2.32. The number of thioether (sulfide) groups is 1. The van der Waals surface area contributed by atoms with Crippen molar-refractivity contribution in [2.75, 3.05) is 5.73 Å². The molecule has 1 fully saturated rings. The second kappa shape index (κ2) is 5.32. The zero-order chi connectivity index (χ0) is 12.4. The summed E-state index contributed by atoms with van der Waals surface area (Å²) in [7, 11) is 0. The summed E-state index contributed by atoms with van der Waals surface area (Å²) in [6.45, 7) is 0. The third-order valence-electron chi connectivity index (χ3n) is 3.14. The van der Waals surface area contributed by atoms with E-state index in [0.29, 0.717) is 5.89 Å². The molecule has 0 aliphatic heterocycles. The van der Waals surface area contributed by atoms with E-state index >= 15 is 0 Å². The summed E-state index contributed by atoms with van der Waals surface area (Å²) in [4.78, 5) is 4.40. The zero-order valence-corrected chi connectivity index (χ0v) is 11.6. The molecule has 18 heavy (non-hydrogen) atoms. The molecule has 0 radical (unpaired) electrons. The van der Waals surface area contributed by atoms with Gasteiger partial charge in [-0.2, -0.15) is 16.7 Å². The van der Waals surface area contributed by atoms with Crippen LogP contribution in [-0.2, 0) is 5.75 Å². The van der Waals surface area contributed by atoms with Gasteiger partial charge in [0.2, 0.25) is 0 Å². The fraction of sp³-hybridized carbons (Fsp3) is 0.500. The van der Waals surface area contributed by atoms with Crippen LogP contribution in [0, 0.1) is 0 Å². The maximum absolute atomic E-state index is 5.84. The number of rotatable bonds is 4. The van der Waals surface area contributed by atoms with Crippen LogP contribution in [-0.4, -0.2) is 15.4 Å². The maximum Gasteiger partial charge on any atom is 0.260 e. The van der Waals surface area contributed by atoms with Crippen molar-refractivity contribution in [3.63, 3.8) is 0 Å². The second-order valence-corrected chi connectivity index (χ2v) is 6.67. The van der Waals surface area contributed by atoms with E-state index in [2.05, 4.69) is 10.1 Å². The number of thiophene rings is 1. The molecule has 2 N–H and O–H groups in total. The Kier molecular flexibility index (Phi) is 3.56. The Morgan fingerprint density at radius 1 is 1.44 bits per heavy atom. The average molecular weight is 281 g/mol. The first-order chi connectivity index (χ1) is 8.83. The SMILES string of the molecule is Nc1sccc1-c1nc(CSC2CCCC2)no1. The predicted molar refractivity (Wildman–Crippen MR) is 75.6 cm³/mol. The average Bonchev–Trinajstić information content (AvgIpc) is 3.07. The summed E-state index contributed by atoms with van der Waals surface area (Å²) in [5.74, 6) is 2.14. The van der Waals surface area contributed by atoms with Gasteiger partial charge in [0.1, 0.15) is 0 Å². The largest absolute Gasteiger partial charge is 0.390 e. The number of nitrogen functional groups attached to an aromatic ring is 1. The quantitative estimate of drug-likeness (QED) is 0.928. The Morgan fingerprint density at radius 2 is 2.28 bits per heavy atom. The van der Waals surface area contributed by atoms with Crippen molar-refractivity contribution in [1.82, 2.24) is 10.1 Å². The molecular weight excluding hydrogens is 266 g/mol. The minimum atomic E-state index is 0.538. The third-order valence-corrected chi connectivity index (χ3v) is 5.26. The summed E-state index contributed by atoms with van der Waals surface area (Å²) in [5.41, 5.74) is 6.69. The molecule has 1 aliphatic rings. The highest BCUT2D eigenvalue weighted by atomic mass is 32.2. The Balaban J connectivity index is 1.64. The van der Waals surface area contributed by atoms with E-state index < -0.39 is 0 Å². The van der Waals surface area contributed by atoms with E-state index in [1.54, 1.807) is 0 Å². The lowest BCUT2D eigenvalue weighted by atomic mass is 10.3. The Hall–Kier alpha value is -1.01. The fourth-order valence-electron chi connectivity index (χ4n) is 2.17. The van der Waals surface area contributed by atoms with Crippen LogP contribution in [0.2, 0.25) is 0 Å². The van der Waals surface area contributed by atoms with Gasteiger partial charge in [0.25, 0.3) is 5.89 Å². The molecule has 96 valence electrons. The number of anilines is 1. The fourth-order valence-corrected chi connectivity index (χ4v) is 3.97. The minimum absolute atomic E-state index is 0.538. The third kappa shape index (κ3) is 2.54. The molecule has 0 bridgehead atoms. The first-order valence-corrected chi connectivity index (χ1v) is 8.03. The summed E-state index contributed by atoms with van der Waals surface area (Å²) < 4.78 is 5.26. The highest BCUT2D eigenvalue weighted by molar-refractivity contribution is 7.99. The standard InChI is InChI=1S/C12H15N3OS2/c13-11-9(5-6-17-11)12-14-10(15-16-12)7-18-8-3-1-2-4-8/h5-6,8H,1-4,7,13H2. The van der Waals surface area contributed by atoms with Gasteiger partial charge in [0.15, 0.2) is 5.82 Å². The van der Waals surface area contributed by atoms with Crippen molar-refractivity contribution in [3.8, 4) is 11.5 Å². The van der Waals surface area contributed by atoms with Gasteiger partial charge < -0.3 is 10.3 Å². The van der Waals surface area contributed by atoms with Gasteiger partial charge in [-0.1, -0.05) is 18.0 Å². The monoisotopic (exact) mass is 281 g/mol. The lowest BCUT2D eigenvalue weighted by molar-refractivity contribution is 0.425. The van der Waals surface area contributed by atoms with Crippen LogP contribution in [0.15, 0.2) is 16.0 Å². The number of nitrogens with two attached hydrogens (primary N) is 1. The van der Waals surface area contributed by atoms with Gasteiger partial charge in [-0.3, -0.25) is 0 Å². The molecule has 6 heteroatoms. The van der Waals surface area contributed by atoms with Gasteiger partial charge in [-0.25, -0.2) is 0 Å². The molecule has 2 heterocycles. The van der Waals surface area contributed by atoms with Crippen LogP contribution < -0.4 is 5.73 Å². The molecule has 1 saturated carbocycles. The molecule has 0 atom stereocenters. The smallest absolute Gasteiger partial charge is 0.260 e. The second-order valence-electron chi connectivity index (χ2n) is 4.43. The lowest BCUT2D eigenvalue weighted by Gasteiger charge is -2.04. The van der Waals surface area contributed by atoms with Crippen LogP contribution >= 0.6 is 23.1 Å². The van der Waals surface area contributed by atoms with Gasteiger partial charge in [-0.15, -0.1) is 11.3 Å². The zero-order valence-electron chi connectivity index (χ0n) is 9.96. The van der Waals surface area contributed by atoms with E-state index in [1.165, 1.54) is 37.0 Å². The van der Waals surface area contributed by atoms with Crippen LogP contribution in [0.4, 0.5) is 5.00 Å². The molecule has 0 spiro atoms. The van der Waals surface area contributed by atoms with E-state index in [4.69, 9.17) is 10.3 Å². The van der Waals surface area contributed by atoms with Crippen molar-refractivity contribution < 1.29 is 4.52 Å². The first kappa shape index (κ1) is 12.0. The molecule has 0 unspecified atom stereocenters. The normalized spacial score (nSPS) is 16.4. The summed E-state index contributed by atoms with van der Waals surface area (Å²) >= 11 is 3.43. The van der Waals surface area contributed by atoms with E-state index in [-0.39, 0.29) is 0 Å². The van der Waals surface area contributed by atoms with Gasteiger partial charge in [0.05, 0.1) is 16.3 Å². The Bertz CT molecular complexity index is 517. The molecule has 3 rings (SSSR count). The Morgan fingerprint density at radius 3 is 3.00 bits per heavy atom. The highest BCUT2D eigenvalue weighted by Gasteiger charge is 2.17. The van der Waals surface area contributed by atoms with Crippen LogP contribution in [0.25, 0.3) is 11.5 Å². The summed E-state index contributed by atoms with van der Waals surface area (Å²) in [6, 6.07) is 1.92. The van der Waals surface area contributed by atoms with Crippen LogP contribution in [0.1, 0.15) is 31.5 Å². The number of nitrogens with zero attached hydrogens (tertiary/aromatic N) is 2. The number of hydrogen-bond donors (Lipinski definition) is 1. The first-order valence-electron chi connectivity index (χ1n) is 6.10.